The highest BCUT2D eigenvalue weighted by molar-refractivity contribution is 9.10. The number of aromatic nitrogens is 1. The average molecular weight is 289 g/mol. The van der Waals surface area contributed by atoms with E-state index in [2.05, 4.69) is 26.2 Å². The first-order valence-electron chi connectivity index (χ1n) is 5.38. The molecular formula is C11H14BrFN2O. The zero-order valence-corrected chi connectivity index (χ0v) is 10.6. The summed E-state index contributed by atoms with van der Waals surface area (Å²) in [6.45, 7) is 2.72. The summed E-state index contributed by atoms with van der Waals surface area (Å²) in [7, 11) is 0. The van der Waals surface area contributed by atoms with Gasteiger partial charge in [0.2, 0.25) is 0 Å². The quantitative estimate of drug-likeness (QED) is 0.925. The van der Waals surface area contributed by atoms with Crippen LogP contribution in [0.1, 0.15) is 19.8 Å². The van der Waals surface area contributed by atoms with E-state index >= 15 is 0 Å². The number of halogens is 2. The fraction of sp³-hybridized carbons (Fsp3) is 0.545. The number of hydrogen-bond acceptors (Lipinski definition) is 3. The van der Waals surface area contributed by atoms with Gasteiger partial charge in [0, 0.05) is 23.3 Å². The fourth-order valence-electron chi connectivity index (χ4n) is 1.77. The summed E-state index contributed by atoms with van der Waals surface area (Å²) in [4.78, 5) is 4.00. The van der Waals surface area contributed by atoms with Crippen molar-refractivity contribution in [1.29, 1.82) is 0 Å². The van der Waals surface area contributed by atoms with E-state index in [0.29, 0.717) is 16.4 Å². The lowest BCUT2D eigenvalue weighted by Gasteiger charge is -2.35. The Morgan fingerprint density at radius 3 is 3.00 bits per heavy atom. The lowest BCUT2D eigenvalue weighted by molar-refractivity contribution is 0.00286. The molecule has 5 heteroatoms. The van der Waals surface area contributed by atoms with E-state index in [9.17, 15) is 4.39 Å². The normalized spacial score (nSPS) is 23.9. The number of rotatable bonds is 4. The number of pyridine rings is 1. The highest BCUT2D eigenvalue weighted by Gasteiger charge is 2.30. The third-order valence-corrected chi connectivity index (χ3v) is 3.08. The van der Waals surface area contributed by atoms with Gasteiger partial charge in [-0.3, -0.25) is 0 Å². The molecule has 0 unspecified atom stereocenters. The van der Waals surface area contributed by atoms with E-state index in [1.54, 1.807) is 6.20 Å². The smallest absolute Gasteiger partial charge is 0.166 e. The second kappa shape index (κ2) is 5.10. The number of nitrogens with zero attached hydrogens (tertiary/aromatic N) is 1. The van der Waals surface area contributed by atoms with Gasteiger partial charge in [0.1, 0.15) is 0 Å². The zero-order chi connectivity index (χ0) is 11.5. The Balaban J connectivity index is 1.87. The first-order chi connectivity index (χ1) is 7.69. The van der Waals surface area contributed by atoms with E-state index in [1.165, 1.54) is 6.07 Å². The molecule has 1 saturated carbocycles. The Hall–Kier alpha value is -0.680. The summed E-state index contributed by atoms with van der Waals surface area (Å²) in [5, 5.41) is 3.08. The Morgan fingerprint density at radius 2 is 2.38 bits per heavy atom. The Labute approximate surface area is 103 Å². The molecule has 0 atom stereocenters. The first kappa shape index (κ1) is 11.8. The van der Waals surface area contributed by atoms with Gasteiger partial charge in [0.15, 0.2) is 11.6 Å². The maximum atomic E-state index is 13.4. The molecule has 0 saturated heterocycles. The van der Waals surface area contributed by atoms with Crippen molar-refractivity contribution < 1.29 is 9.13 Å². The summed E-state index contributed by atoms with van der Waals surface area (Å²) < 4.78 is 19.5. The molecule has 1 aromatic rings. The molecule has 1 N–H and O–H groups in total. The summed E-state index contributed by atoms with van der Waals surface area (Å²) in [6.07, 6.45) is 3.75. The van der Waals surface area contributed by atoms with Crippen molar-refractivity contribution >= 4 is 21.7 Å². The van der Waals surface area contributed by atoms with Crippen LogP contribution in [0, 0.1) is 5.82 Å². The van der Waals surface area contributed by atoms with E-state index in [-0.39, 0.29) is 11.9 Å². The van der Waals surface area contributed by atoms with Gasteiger partial charge in [-0.1, -0.05) is 0 Å². The van der Waals surface area contributed by atoms with Crippen LogP contribution in [0.2, 0.25) is 0 Å². The number of nitrogens with one attached hydrogen (secondary N) is 1. The minimum Gasteiger partial charge on any atom is -0.378 e. The van der Waals surface area contributed by atoms with Gasteiger partial charge in [-0.05, 0) is 41.8 Å². The fourth-order valence-corrected chi connectivity index (χ4v) is 2.07. The third kappa shape index (κ3) is 2.71. The molecule has 0 amide bonds. The highest BCUT2D eigenvalue weighted by atomic mass is 79.9. The van der Waals surface area contributed by atoms with Crippen LogP contribution in [0.15, 0.2) is 16.7 Å². The van der Waals surface area contributed by atoms with Gasteiger partial charge in [-0.25, -0.2) is 9.37 Å². The van der Waals surface area contributed by atoms with Gasteiger partial charge < -0.3 is 10.1 Å². The molecular weight excluding hydrogens is 275 g/mol. The molecule has 0 bridgehead atoms. The van der Waals surface area contributed by atoms with Crippen LogP contribution in [0.25, 0.3) is 0 Å². The zero-order valence-electron chi connectivity index (χ0n) is 9.04. The van der Waals surface area contributed by atoms with Gasteiger partial charge in [-0.15, -0.1) is 0 Å². The van der Waals surface area contributed by atoms with Crippen LogP contribution in [0.4, 0.5) is 10.2 Å². The molecule has 88 valence electrons. The molecule has 0 aromatic carbocycles. The molecule has 0 aliphatic heterocycles. The first-order valence-corrected chi connectivity index (χ1v) is 6.17. The Kier molecular flexibility index (Phi) is 3.76. The van der Waals surface area contributed by atoms with Crippen molar-refractivity contribution in [3.05, 3.63) is 22.6 Å². The molecule has 1 aliphatic carbocycles. The number of anilines is 1. The standard InChI is InChI=1S/C11H14BrFN2O/c1-2-16-9-4-8(5-9)15-11-10(13)3-7(12)6-14-11/h3,6,8-9H,2,4-5H2,1H3,(H,14,15). The van der Waals surface area contributed by atoms with Crippen LogP contribution in [-0.2, 0) is 4.74 Å². The summed E-state index contributed by atoms with van der Waals surface area (Å²) in [5.74, 6) is -0.00242. The van der Waals surface area contributed by atoms with Gasteiger partial charge in [0.25, 0.3) is 0 Å². The van der Waals surface area contributed by atoms with Gasteiger partial charge in [0.05, 0.1) is 6.10 Å². The molecule has 0 spiro atoms. The van der Waals surface area contributed by atoms with Crippen molar-refractivity contribution in [2.75, 3.05) is 11.9 Å². The average Bonchev–Trinajstić information content (AvgIpc) is 2.18. The van der Waals surface area contributed by atoms with Crippen molar-refractivity contribution in [2.24, 2.45) is 0 Å². The molecule has 1 fully saturated rings. The van der Waals surface area contributed by atoms with Crippen molar-refractivity contribution in [2.45, 2.75) is 31.9 Å². The molecule has 0 radical (unpaired) electrons. The predicted octanol–water partition coefficient (Wildman–Crippen LogP) is 2.96. The second-order valence-corrected chi connectivity index (χ2v) is 4.79. The molecule has 1 aliphatic rings. The summed E-state index contributed by atoms with van der Waals surface area (Å²) >= 11 is 3.17. The summed E-state index contributed by atoms with van der Waals surface area (Å²) in [6, 6.07) is 1.69. The molecule has 2 rings (SSSR count). The van der Waals surface area contributed by atoms with Crippen molar-refractivity contribution in [3.63, 3.8) is 0 Å². The van der Waals surface area contributed by atoms with Crippen LogP contribution in [-0.4, -0.2) is 23.7 Å². The van der Waals surface area contributed by atoms with E-state index in [1.807, 2.05) is 6.92 Å². The molecule has 1 heterocycles. The maximum Gasteiger partial charge on any atom is 0.166 e. The lowest BCUT2D eigenvalue weighted by Crippen LogP contribution is -2.41. The van der Waals surface area contributed by atoms with Crippen LogP contribution < -0.4 is 5.32 Å². The topological polar surface area (TPSA) is 34.1 Å². The Bertz CT molecular complexity index is 369. The van der Waals surface area contributed by atoms with E-state index < -0.39 is 0 Å². The second-order valence-electron chi connectivity index (χ2n) is 3.87. The SMILES string of the molecule is CCOC1CC(Nc2ncc(Br)cc2F)C1. The van der Waals surface area contributed by atoms with E-state index in [4.69, 9.17) is 4.74 Å². The Morgan fingerprint density at radius 1 is 1.62 bits per heavy atom. The monoisotopic (exact) mass is 288 g/mol. The van der Waals surface area contributed by atoms with Crippen LogP contribution in [0.5, 0.6) is 0 Å². The lowest BCUT2D eigenvalue weighted by atomic mass is 9.89. The third-order valence-electron chi connectivity index (χ3n) is 2.65. The van der Waals surface area contributed by atoms with Crippen LogP contribution >= 0.6 is 15.9 Å². The maximum absolute atomic E-state index is 13.4. The van der Waals surface area contributed by atoms with Gasteiger partial charge >= 0.3 is 0 Å². The highest BCUT2D eigenvalue weighted by Crippen LogP contribution is 2.27. The van der Waals surface area contributed by atoms with Crippen molar-refractivity contribution in [3.8, 4) is 0 Å². The minimum atomic E-state index is -0.325. The largest absolute Gasteiger partial charge is 0.378 e. The number of ether oxygens (including phenoxy) is 1. The molecule has 1 aromatic heterocycles. The van der Waals surface area contributed by atoms with Crippen LogP contribution in [0.3, 0.4) is 0 Å². The number of hydrogen-bond donors (Lipinski definition) is 1. The predicted molar refractivity (Wildman–Crippen MR) is 64.0 cm³/mol. The molecule has 3 nitrogen and oxygen atoms in total. The minimum absolute atomic E-state index is 0.278. The van der Waals surface area contributed by atoms with Crippen molar-refractivity contribution in [1.82, 2.24) is 4.98 Å². The van der Waals surface area contributed by atoms with Gasteiger partial charge in [-0.2, -0.15) is 0 Å². The van der Waals surface area contributed by atoms with E-state index in [0.717, 1.165) is 19.4 Å². The summed E-state index contributed by atoms with van der Waals surface area (Å²) in [5.41, 5.74) is 0. The molecule has 16 heavy (non-hydrogen) atoms.